The molecular formula is C19H18O3. The quantitative estimate of drug-likeness (QED) is 0.935. The number of hydrogen-bond donors (Lipinski definition) is 1. The van der Waals surface area contributed by atoms with Crippen molar-refractivity contribution in [1.29, 1.82) is 0 Å². The number of carbonyl (C=O) groups is 2. The van der Waals surface area contributed by atoms with Crippen molar-refractivity contribution < 1.29 is 14.7 Å². The van der Waals surface area contributed by atoms with Gasteiger partial charge in [0.05, 0.1) is 6.42 Å². The van der Waals surface area contributed by atoms with E-state index >= 15 is 0 Å². The van der Waals surface area contributed by atoms with E-state index in [0.29, 0.717) is 6.42 Å². The van der Waals surface area contributed by atoms with Gasteiger partial charge in [0.15, 0.2) is 5.78 Å². The topological polar surface area (TPSA) is 54.4 Å². The van der Waals surface area contributed by atoms with E-state index in [-0.39, 0.29) is 24.0 Å². The zero-order chi connectivity index (χ0) is 15.5. The van der Waals surface area contributed by atoms with Gasteiger partial charge in [0, 0.05) is 17.4 Å². The van der Waals surface area contributed by atoms with Crippen molar-refractivity contribution in [2.75, 3.05) is 0 Å². The van der Waals surface area contributed by atoms with Gasteiger partial charge in [0.2, 0.25) is 0 Å². The van der Waals surface area contributed by atoms with Crippen LogP contribution in [0.4, 0.5) is 0 Å². The zero-order valence-electron chi connectivity index (χ0n) is 12.2. The highest BCUT2D eigenvalue weighted by Gasteiger charge is 2.35. The van der Waals surface area contributed by atoms with Gasteiger partial charge < -0.3 is 5.11 Å². The second kappa shape index (κ2) is 6.14. The van der Waals surface area contributed by atoms with Crippen LogP contribution in [0.15, 0.2) is 54.6 Å². The van der Waals surface area contributed by atoms with Crippen LogP contribution in [-0.4, -0.2) is 16.9 Å². The van der Waals surface area contributed by atoms with Gasteiger partial charge in [-0.1, -0.05) is 54.6 Å². The summed E-state index contributed by atoms with van der Waals surface area (Å²) in [6.45, 7) is 0. The number of ketones is 1. The fourth-order valence-corrected chi connectivity index (χ4v) is 3.39. The monoisotopic (exact) mass is 294 g/mol. The van der Waals surface area contributed by atoms with Gasteiger partial charge in [-0.25, -0.2) is 0 Å². The number of carboxylic acids is 1. The molecule has 0 heterocycles. The van der Waals surface area contributed by atoms with Crippen molar-refractivity contribution in [2.45, 2.75) is 25.2 Å². The van der Waals surface area contributed by atoms with Gasteiger partial charge in [0.25, 0.3) is 0 Å². The van der Waals surface area contributed by atoms with Gasteiger partial charge >= 0.3 is 5.97 Å². The molecule has 0 amide bonds. The maximum absolute atomic E-state index is 12.8. The third kappa shape index (κ3) is 2.80. The highest BCUT2D eigenvalue weighted by Crippen LogP contribution is 2.37. The molecule has 0 saturated heterocycles. The molecule has 0 unspecified atom stereocenters. The Kier molecular flexibility index (Phi) is 4.05. The van der Waals surface area contributed by atoms with E-state index in [0.717, 1.165) is 23.1 Å². The highest BCUT2D eigenvalue weighted by atomic mass is 16.4. The third-order valence-corrected chi connectivity index (χ3v) is 4.45. The predicted molar refractivity (Wildman–Crippen MR) is 84.0 cm³/mol. The number of rotatable bonds is 4. The Labute approximate surface area is 129 Å². The van der Waals surface area contributed by atoms with Crippen molar-refractivity contribution in [3.05, 3.63) is 71.3 Å². The molecule has 3 rings (SSSR count). The molecule has 2 aromatic carbocycles. The Morgan fingerprint density at radius 2 is 1.77 bits per heavy atom. The molecule has 0 aromatic heterocycles. The van der Waals surface area contributed by atoms with E-state index in [9.17, 15) is 14.7 Å². The minimum Gasteiger partial charge on any atom is -0.481 e. The van der Waals surface area contributed by atoms with E-state index in [2.05, 4.69) is 0 Å². The van der Waals surface area contributed by atoms with Crippen LogP contribution in [-0.2, 0) is 11.2 Å². The van der Waals surface area contributed by atoms with Crippen molar-refractivity contribution in [1.82, 2.24) is 0 Å². The van der Waals surface area contributed by atoms with Gasteiger partial charge in [-0.3, -0.25) is 9.59 Å². The number of fused-ring (bicyclic) bond motifs is 1. The molecule has 0 radical (unpaired) electrons. The summed E-state index contributed by atoms with van der Waals surface area (Å²) in [5.74, 6) is -1.30. The normalized spacial score (nSPS) is 18.5. The predicted octanol–water partition coefficient (Wildman–Crippen LogP) is 3.69. The summed E-state index contributed by atoms with van der Waals surface area (Å²) in [7, 11) is 0. The number of Topliss-reactive ketones (excluding diaryl/α,β-unsaturated/α-hetero) is 1. The summed E-state index contributed by atoms with van der Waals surface area (Å²) < 4.78 is 0. The summed E-state index contributed by atoms with van der Waals surface area (Å²) in [6, 6.07) is 17.2. The molecule has 112 valence electrons. The second-order valence-electron chi connectivity index (χ2n) is 5.78. The minimum atomic E-state index is -0.861. The van der Waals surface area contributed by atoms with Crippen molar-refractivity contribution in [3.63, 3.8) is 0 Å². The lowest BCUT2D eigenvalue weighted by Gasteiger charge is -2.30. The van der Waals surface area contributed by atoms with E-state index in [1.54, 1.807) is 0 Å². The lowest BCUT2D eigenvalue weighted by Crippen LogP contribution is -2.29. The molecule has 3 heteroatoms. The van der Waals surface area contributed by atoms with Crippen LogP contribution in [0.25, 0.3) is 0 Å². The number of aryl methyl sites for hydroxylation is 1. The number of carboxylic acid groups (broad SMARTS) is 1. The van der Waals surface area contributed by atoms with Gasteiger partial charge in [-0.05, 0) is 24.0 Å². The number of carbonyl (C=O) groups excluding carboxylic acids is 1. The Morgan fingerprint density at radius 3 is 2.50 bits per heavy atom. The molecule has 1 N–H and O–H groups in total. The molecule has 1 aliphatic rings. The van der Waals surface area contributed by atoms with Gasteiger partial charge in [-0.15, -0.1) is 0 Å². The van der Waals surface area contributed by atoms with E-state index < -0.39 is 5.97 Å². The van der Waals surface area contributed by atoms with Crippen molar-refractivity contribution in [3.8, 4) is 0 Å². The highest BCUT2D eigenvalue weighted by molar-refractivity contribution is 6.01. The van der Waals surface area contributed by atoms with E-state index in [1.165, 1.54) is 0 Å². The SMILES string of the molecule is O=C(O)C[C@@H](c1ccccc1)[C@H]1CCc2ccccc2C1=O. The molecule has 0 bridgehead atoms. The van der Waals surface area contributed by atoms with Crippen molar-refractivity contribution >= 4 is 11.8 Å². The molecule has 0 fully saturated rings. The molecule has 0 aliphatic heterocycles. The molecule has 0 spiro atoms. The maximum atomic E-state index is 12.8. The average Bonchev–Trinajstić information content (AvgIpc) is 2.54. The Balaban J connectivity index is 1.96. The van der Waals surface area contributed by atoms with E-state index in [1.807, 2.05) is 54.6 Å². The van der Waals surface area contributed by atoms with Gasteiger partial charge in [0.1, 0.15) is 0 Å². The van der Waals surface area contributed by atoms with E-state index in [4.69, 9.17) is 0 Å². The summed E-state index contributed by atoms with van der Waals surface area (Å²) in [5, 5.41) is 9.25. The summed E-state index contributed by atoms with van der Waals surface area (Å²) in [4.78, 5) is 24.1. The fraction of sp³-hybridized carbons (Fsp3) is 0.263. The number of benzene rings is 2. The number of hydrogen-bond acceptors (Lipinski definition) is 2. The zero-order valence-corrected chi connectivity index (χ0v) is 12.2. The van der Waals surface area contributed by atoms with Crippen molar-refractivity contribution in [2.24, 2.45) is 5.92 Å². The minimum absolute atomic E-state index is 0.0113. The summed E-state index contributed by atoms with van der Waals surface area (Å²) in [5.41, 5.74) is 2.76. The molecule has 3 nitrogen and oxygen atoms in total. The average molecular weight is 294 g/mol. The second-order valence-corrected chi connectivity index (χ2v) is 5.78. The Hall–Kier alpha value is -2.42. The summed E-state index contributed by atoms with van der Waals surface area (Å²) >= 11 is 0. The molecule has 2 aromatic rings. The lowest BCUT2D eigenvalue weighted by atomic mass is 9.72. The smallest absolute Gasteiger partial charge is 0.303 e. The molecule has 0 saturated carbocycles. The van der Waals surface area contributed by atoms with Gasteiger partial charge in [-0.2, -0.15) is 0 Å². The molecule has 1 aliphatic carbocycles. The Bertz CT molecular complexity index is 691. The largest absolute Gasteiger partial charge is 0.481 e. The first-order chi connectivity index (χ1) is 10.7. The first kappa shape index (κ1) is 14.5. The standard InChI is InChI=1S/C19H18O3/c20-18(21)12-17(13-6-2-1-3-7-13)16-11-10-14-8-4-5-9-15(14)19(16)22/h1-9,16-17H,10-12H2,(H,20,21)/t16-,17+/m1/s1. The maximum Gasteiger partial charge on any atom is 0.303 e. The van der Waals surface area contributed by atoms with Crippen LogP contribution in [0.5, 0.6) is 0 Å². The lowest BCUT2D eigenvalue weighted by molar-refractivity contribution is -0.137. The molecule has 2 atom stereocenters. The van der Waals surface area contributed by atoms with Crippen LogP contribution in [0, 0.1) is 5.92 Å². The van der Waals surface area contributed by atoms with Crippen LogP contribution >= 0.6 is 0 Å². The first-order valence-electron chi connectivity index (χ1n) is 7.55. The van der Waals surface area contributed by atoms with Crippen LogP contribution in [0.3, 0.4) is 0 Å². The van der Waals surface area contributed by atoms with Crippen LogP contribution in [0.2, 0.25) is 0 Å². The van der Waals surface area contributed by atoms with Crippen LogP contribution in [0.1, 0.15) is 40.2 Å². The third-order valence-electron chi connectivity index (χ3n) is 4.45. The molecule has 22 heavy (non-hydrogen) atoms. The number of aliphatic carboxylic acids is 1. The Morgan fingerprint density at radius 1 is 1.09 bits per heavy atom. The molecular weight excluding hydrogens is 276 g/mol. The van der Waals surface area contributed by atoms with Crippen LogP contribution < -0.4 is 0 Å². The first-order valence-corrected chi connectivity index (χ1v) is 7.55. The summed E-state index contributed by atoms with van der Waals surface area (Å²) in [6.07, 6.45) is 1.53. The fourth-order valence-electron chi connectivity index (χ4n) is 3.39.